The van der Waals surface area contributed by atoms with Gasteiger partial charge in [-0.1, -0.05) is 6.07 Å². The maximum absolute atomic E-state index is 12.9. The van der Waals surface area contributed by atoms with E-state index in [0.717, 1.165) is 12.8 Å². The Morgan fingerprint density at radius 1 is 1.30 bits per heavy atom. The highest BCUT2D eigenvalue weighted by Gasteiger charge is 2.38. The average Bonchev–Trinajstić information content (AvgIpc) is 2.84. The van der Waals surface area contributed by atoms with Gasteiger partial charge in [0.15, 0.2) is 0 Å². The molecule has 0 aromatic heterocycles. The lowest BCUT2D eigenvalue weighted by Gasteiger charge is -2.20. The average molecular weight is 280 g/mol. The van der Waals surface area contributed by atoms with Crippen LogP contribution >= 0.6 is 0 Å². The van der Waals surface area contributed by atoms with Crippen LogP contribution in [0.3, 0.4) is 0 Å². The molecule has 5 nitrogen and oxygen atoms in total. The first-order valence-electron chi connectivity index (χ1n) is 6.56. The van der Waals surface area contributed by atoms with E-state index in [1.54, 1.807) is 6.07 Å². The van der Waals surface area contributed by atoms with Gasteiger partial charge in [0.25, 0.3) is 5.91 Å². The van der Waals surface area contributed by atoms with E-state index in [1.165, 1.54) is 18.2 Å². The molecular formula is C14H17FN2O3. The van der Waals surface area contributed by atoms with Crippen molar-refractivity contribution in [3.8, 4) is 0 Å². The number of benzene rings is 1. The fourth-order valence-electron chi connectivity index (χ4n) is 2.28. The number of carbonyl (C=O) groups excluding carboxylic acids is 2. The molecule has 6 heteroatoms. The summed E-state index contributed by atoms with van der Waals surface area (Å²) in [6, 6.07) is 5.48. The zero-order valence-corrected chi connectivity index (χ0v) is 11.0. The number of hydrogen-bond donors (Lipinski definition) is 3. The topological polar surface area (TPSA) is 78.4 Å². The Balaban J connectivity index is 1.82. The van der Waals surface area contributed by atoms with E-state index in [0.29, 0.717) is 18.5 Å². The molecule has 0 heterocycles. The minimum atomic E-state index is -1.35. The van der Waals surface area contributed by atoms with Crippen LogP contribution in [0.15, 0.2) is 24.3 Å². The molecule has 0 aliphatic heterocycles. The van der Waals surface area contributed by atoms with Gasteiger partial charge in [-0.3, -0.25) is 9.59 Å². The zero-order chi connectivity index (χ0) is 14.6. The Labute approximate surface area is 116 Å². The Hall–Kier alpha value is -1.95. The second-order valence-corrected chi connectivity index (χ2v) is 4.98. The third-order valence-corrected chi connectivity index (χ3v) is 3.37. The smallest absolute Gasteiger partial charge is 0.252 e. The van der Waals surface area contributed by atoms with Gasteiger partial charge in [0, 0.05) is 5.69 Å². The molecule has 1 aromatic rings. The SMILES string of the molecule is O=C(CNC(=O)C1(O)CCCC1)Nc1cccc(F)c1. The van der Waals surface area contributed by atoms with Crippen molar-refractivity contribution in [1.29, 1.82) is 0 Å². The number of rotatable bonds is 4. The molecule has 1 aliphatic carbocycles. The molecule has 0 saturated heterocycles. The second-order valence-electron chi connectivity index (χ2n) is 4.98. The van der Waals surface area contributed by atoms with Crippen LogP contribution in [0.1, 0.15) is 25.7 Å². The van der Waals surface area contributed by atoms with E-state index in [9.17, 15) is 19.1 Å². The first-order valence-corrected chi connectivity index (χ1v) is 6.56. The molecule has 2 amide bonds. The second kappa shape index (κ2) is 6.00. The van der Waals surface area contributed by atoms with E-state index < -0.39 is 23.2 Å². The summed E-state index contributed by atoms with van der Waals surface area (Å²) in [5.74, 6) is -1.44. The number of aliphatic hydroxyl groups is 1. The summed E-state index contributed by atoms with van der Waals surface area (Å²) in [5, 5.41) is 14.9. The van der Waals surface area contributed by atoms with Crippen LogP contribution in [0.25, 0.3) is 0 Å². The van der Waals surface area contributed by atoms with Crippen molar-refractivity contribution in [2.24, 2.45) is 0 Å². The Morgan fingerprint density at radius 2 is 2.00 bits per heavy atom. The number of nitrogens with one attached hydrogen (secondary N) is 2. The molecule has 2 rings (SSSR count). The molecule has 1 aromatic carbocycles. The fraction of sp³-hybridized carbons (Fsp3) is 0.429. The minimum Gasteiger partial charge on any atom is -0.380 e. The maximum atomic E-state index is 12.9. The Kier molecular flexibility index (Phi) is 4.34. The van der Waals surface area contributed by atoms with E-state index in [1.807, 2.05) is 0 Å². The van der Waals surface area contributed by atoms with Crippen LogP contribution in [0.2, 0.25) is 0 Å². The van der Waals surface area contributed by atoms with Crippen molar-refractivity contribution in [3.63, 3.8) is 0 Å². The van der Waals surface area contributed by atoms with Gasteiger partial charge < -0.3 is 15.7 Å². The number of anilines is 1. The molecule has 0 unspecified atom stereocenters. The molecule has 1 fully saturated rings. The summed E-state index contributed by atoms with van der Waals surface area (Å²) in [5.41, 5.74) is -1.03. The van der Waals surface area contributed by atoms with Crippen molar-refractivity contribution in [2.45, 2.75) is 31.3 Å². The van der Waals surface area contributed by atoms with Gasteiger partial charge >= 0.3 is 0 Å². The van der Waals surface area contributed by atoms with Crippen LogP contribution in [0.5, 0.6) is 0 Å². The normalized spacial score (nSPS) is 16.7. The first kappa shape index (κ1) is 14.5. The van der Waals surface area contributed by atoms with Crippen LogP contribution in [0.4, 0.5) is 10.1 Å². The lowest BCUT2D eigenvalue weighted by Crippen LogP contribution is -2.47. The van der Waals surface area contributed by atoms with Crippen molar-refractivity contribution >= 4 is 17.5 Å². The van der Waals surface area contributed by atoms with Gasteiger partial charge in [-0.15, -0.1) is 0 Å². The first-order chi connectivity index (χ1) is 9.49. The summed E-state index contributed by atoms with van der Waals surface area (Å²) >= 11 is 0. The van der Waals surface area contributed by atoms with Gasteiger partial charge in [-0.05, 0) is 43.9 Å². The quantitative estimate of drug-likeness (QED) is 0.775. The van der Waals surface area contributed by atoms with E-state index in [2.05, 4.69) is 10.6 Å². The van der Waals surface area contributed by atoms with Crippen LogP contribution in [-0.2, 0) is 9.59 Å². The molecule has 1 aliphatic rings. The van der Waals surface area contributed by atoms with E-state index in [-0.39, 0.29) is 6.54 Å². The summed E-state index contributed by atoms with van der Waals surface area (Å²) in [4.78, 5) is 23.4. The van der Waals surface area contributed by atoms with Gasteiger partial charge in [0.05, 0.1) is 6.54 Å². The maximum Gasteiger partial charge on any atom is 0.252 e. The third kappa shape index (κ3) is 3.54. The number of carbonyl (C=O) groups is 2. The molecule has 20 heavy (non-hydrogen) atoms. The van der Waals surface area contributed by atoms with Crippen LogP contribution in [-0.4, -0.2) is 29.1 Å². The monoisotopic (exact) mass is 280 g/mol. The highest BCUT2D eigenvalue weighted by atomic mass is 19.1. The number of halogens is 1. The largest absolute Gasteiger partial charge is 0.380 e. The minimum absolute atomic E-state index is 0.252. The molecule has 0 spiro atoms. The van der Waals surface area contributed by atoms with Gasteiger partial charge in [-0.2, -0.15) is 0 Å². The van der Waals surface area contributed by atoms with Gasteiger partial charge in [0.1, 0.15) is 11.4 Å². The Bertz CT molecular complexity index is 513. The van der Waals surface area contributed by atoms with Crippen molar-refractivity contribution in [1.82, 2.24) is 5.32 Å². The standard InChI is InChI=1S/C14H17FN2O3/c15-10-4-3-5-11(8-10)17-12(18)9-16-13(19)14(20)6-1-2-7-14/h3-5,8,20H,1-2,6-7,9H2,(H,16,19)(H,17,18). The molecule has 108 valence electrons. The molecule has 3 N–H and O–H groups in total. The number of amides is 2. The highest BCUT2D eigenvalue weighted by Crippen LogP contribution is 2.29. The molecular weight excluding hydrogens is 263 g/mol. The predicted octanol–water partition coefficient (Wildman–Crippen LogP) is 1.19. The van der Waals surface area contributed by atoms with E-state index >= 15 is 0 Å². The molecule has 0 atom stereocenters. The fourth-order valence-corrected chi connectivity index (χ4v) is 2.28. The highest BCUT2D eigenvalue weighted by molar-refractivity contribution is 5.95. The van der Waals surface area contributed by atoms with Gasteiger partial charge in [-0.25, -0.2) is 4.39 Å². The third-order valence-electron chi connectivity index (χ3n) is 3.37. The van der Waals surface area contributed by atoms with Crippen LogP contribution < -0.4 is 10.6 Å². The summed E-state index contributed by atoms with van der Waals surface area (Å²) in [6.45, 7) is -0.252. The Morgan fingerprint density at radius 3 is 2.65 bits per heavy atom. The molecule has 1 saturated carbocycles. The van der Waals surface area contributed by atoms with Crippen molar-refractivity contribution in [2.75, 3.05) is 11.9 Å². The van der Waals surface area contributed by atoms with Crippen molar-refractivity contribution in [3.05, 3.63) is 30.1 Å². The number of hydrogen-bond acceptors (Lipinski definition) is 3. The van der Waals surface area contributed by atoms with Gasteiger partial charge in [0.2, 0.25) is 5.91 Å². The summed E-state index contributed by atoms with van der Waals surface area (Å²) in [7, 11) is 0. The zero-order valence-electron chi connectivity index (χ0n) is 11.0. The molecule has 0 radical (unpaired) electrons. The molecule has 0 bridgehead atoms. The van der Waals surface area contributed by atoms with E-state index in [4.69, 9.17) is 0 Å². The lowest BCUT2D eigenvalue weighted by molar-refractivity contribution is -0.140. The van der Waals surface area contributed by atoms with Crippen LogP contribution in [0, 0.1) is 5.82 Å². The summed E-state index contributed by atoms with van der Waals surface area (Å²) in [6.07, 6.45) is 2.45. The lowest BCUT2D eigenvalue weighted by atomic mass is 10.0. The predicted molar refractivity (Wildman–Crippen MR) is 71.5 cm³/mol. The summed E-state index contributed by atoms with van der Waals surface area (Å²) < 4.78 is 12.9. The van der Waals surface area contributed by atoms with Crippen molar-refractivity contribution < 1.29 is 19.1 Å².